The monoisotopic (exact) mass is 275 g/mol. The second kappa shape index (κ2) is 6.75. The molecule has 2 amide bonds. The Bertz CT molecular complexity index is 451. The van der Waals surface area contributed by atoms with Gasteiger partial charge in [-0.05, 0) is 17.5 Å². The standard InChI is InChI=1S/C16H25N3O/c1-4-14-6-5-7-15(12-14)13-18-8-10-19(11-9-18)16(20)17(2)3/h5-7,12H,4,8-11,13H2,1-3H3. The van der Waals surface area contributed by atoms with Gasteiger partial charge in [0.2, 0.25) is 0 Å². The van der Waals surface area contributed by atoms with Crippen molar-refractivity contribution < 1.29 is 4.79 Å². The predicted molar refractivity (Wildman–Crippen MR) is 81.8 cm³/mol. The Morgan fingerprint density at radius 2 is 1.80 bits per heavy atom. The van der Waals surface area contributed by atoms with Crippen molar-refractivity contribution in [3.8, 4) is 0 Å². The highest BCUT2D eigenvalue weighted by Crippen LogP contribution is 2.11. The van der Waals surface area contributed by atoms with Gasteiger partial charge in [-0.2, -0.15) is 0 Å². The number of nitrogens with zero attached hydrogens (tertiary/aromatic N) is 3. The minimum absolute atomic E-state index is 0.123. The largest absolute Gasteiger partial charge is 0.331 e. The minimum atomic E-state index is 0.123. The molecule has 1 fully saturated rings. The van der Waals surface area contributed by atoms with Crippen LogP contribution in [0.3, 0.4) is 0 Å². The third kappa shape index (κ3) is 3.73. The summed E-state index contributed by atoms with van der Waals surface area (Å²) >= 11 is 0. The number of hydrogen-bond donors (Lipinski definition) is 0. The van der Waals surface area contributed by atoms with Crippen molar-refractivity contribution in [3.63, 3.8) is 0 Å². The Hall–Kier alpha value is -1.55. The van der Waals surface area contributed by atoms with Gasteiger partial charge in [0.1, 0.15) is 0 Å². The molecule has 1 aliphatic rings. The van der Waals surface area contributed by atoms with Gasteiger partial charge in [-0.25, -0.2) is 4.79 Å². The Kier molecular flexibility index (Phi) is 5.01. The molecule has 2 rings (SSSR count). The van der Waals surface area contributed by atoms with E-state index in [2.05, 4.69) is 36.1 Å². The van der Waals surface area contributed by atoms with Gasteiger partial charge in [0.15, 0.2) is 0 Å². The van der Waals surface area contributed by atoms with Crippen LogP contribution in [-0.4, -0.2) is 61.0 Å². The highest BCUT2D eigenvalue weighted by Gasteiger charge is 2.21. The molecule has 0 atom stereocenters. The first-order valence-corrected chi connectivity index (χ1v) is 7.36. The van der Waals surface area contributed by atoms with Gasteiger partial charge >= 0.3 is 6.03 Å². The van der Waals surface area contributed by atoms with Crippen LogP contribution in [0.15, 0.2) is 24.3 Å². The second-order valence-corrected chi connectivity index (χ2v) is 5.61. The second-order valence-electron chi connectivity index (χ2n) is 5.61. The molecule has 4 heteroatoms. The number of benzene rings is 1. The first kappa shape index (κ1) is 14.9. The van der Waals surface area contributed by atoms with E-state index < -0.39 is 0 Å². The summed E-state index contributed by atoms with van der Waals surface area (Å²) in [6.07, 6.45) is 1.08. The molecule has 0 N–H and O–H groups in total. The highest BCUT2D eigenvalue weighted by atomic mass is 16.2. The lowest BCUT2D eigenvalue weighted by molar-refractivity contribution is 0.120. The average molecular weight is 275 g/mol. The van der Waals surface area contributed by atoms with Gasteiger partial charge in [-0.15, -0.1) is 0 Å². The van der Waals surface area contributed by atoms with Gasteiger partial charge in [-0.1, -0.05) is 31.2 Å². The SMILES string of the molecule is CCc1cccc(CN2CCN(C(=O)N(C)C)CC2)c1. The summed E-state index contributed by atoms with van der Waals surface area (Å²) in [5.74, 6) is 0. The molecule has 110 valence electrons. The third-order valence-electron chi connectivity index (χ3n) is 3.83. The molecule has 0 spiro atoms. The quantitative estimate of drug-likeness (QED) is 0.844. The molecule has 0 bridgehead atoms. The summed E-state index contributed by atoms with van der Waals surface area (Å²) in [4.78, 5) is 17.9. The first-order chi connectivity index (χ1) is 9.60. The van der Waals surface area contributed by atoms with Gasteiger partial charge in [0.25, 0.3) is 0 Å². The maximum atomic E-state index is 11.9. The van der Waals surface area contributed by atoms with Crippen LogP contribution in [0.4, 0.5) is 4.79 Å². The zero-order valence-electron chi connectivity index (χ0n) is 12.8. The van der Waals surface area contributed by atoms with E-state index in [9.17, 15) is 4.79 Å². The molecule has 1 aromatic carbocycles. The van der Waals surface area contributed by atoms with Crippen LogP contribution in [-0.2, 0) is 13.0 Å². The minimum Gasteiger partial charge on any atom is -0.331 e. The van der Waals surface area contributed by atoms with E-state index in [1.807, 2.05) is 19.0 Å². The molecule has 1 saturated heterocycles. The lowest BCUT2D eigenvalue weighted by Gasteiger charge is -2.36. The zero-order chi connectivity index (χ0) is 14.5. The lowest BCUT2D eigenvalue weighted by atomic mass is 10.1. The fraction of sp³-hybridized carbons (Fsp3) is 0.562. The van der Waals surface area contributed by atoms with Crippen molar-refractivity contribution in [1.29, 1.82) is 0 Å². The number of carbonyl (C=O) groups is 1. The van der Waals surface area contributed by atoms with Crippen LogP contribution in [0.2, 0.25) is 0 Å². The number of rotatable bonds is 3. The fourth-order valence-corrected chi connectivity index (χ4v) is 2.59. The Balaban J connectivity index is 1.86. The first-order valence-electron chi connectivity index (χ1n) is 7.36. The Labute approximate surface area is 122 Å². The summed E-state index contributed by atoms with van der Waals surface area (Å²) in [5.41, 5.74) is 2.76. The van der Waals surface area contributed by atoms with Gasteiger partial charge in [0, 0.05) is 46.8 Å². The van der Waals surface area contributed by atoms with E-state index in [1.165, 1.54) is 11.1 Å². The summed E-state index contributed by atoms with van der Waals surface area (Å²) in [6, 6.07) is 8.92. The van der Waals surface area contributed by atoms with Crippen molar-refractivity contribution in [2.75, 3.05) is 40.3 Å². The van der Waals surface area contributed by atoms with Crippen molar-refractivity contribution in [3.05, 3.63) is 35.4 Å². The van der Waals surface area contributed by atoms with Crippen molar-refractivity contribution >= 4 is 6.03 Å². The van der Waals surface area contributed by atoms with Crippen LogP contribution in [0.25, 0.3) is 0 Å². The topological polar surface area (TPSA) is 26.8 Å². The highest BCUT2D eigenvalue weighted by molar-refractivity contribution is 5.73. The molecular formula is C16H25N3O. The van der Waals surface area contributed by atoms with Crippen LogP contribution in [0.1, 0.15) is 18.1 Å². The predicted octanol–water partition coefficient (Wildman–Crippen LogP) is 2.05. The summed E-state index contributed by atoms with van der Waals surface area (Å²) in [7, 11) is 3.62. The number of hydrogen-bond acceptors (Lipinski definition) is 2. The lowest BCUT2D eigenvalue weighted by Crippen LogP contribution is -2.51. The molecule has 0 aliphatic carbocycles. The van der Waals surface area contributed by atoms with Crippen LogP contribution in [0, 0.1) is 0 Å². The summed E-state index contributed by atoms with van der Waals surface area (Å²) in [6.45, 7) is 6.73. The molecular weight excluding hydrogens is 250 g/mol. The Morgan fingerprint density at radius 3 is 2.40 bits per heavy atom. The molecule has 0 saturated carbocycles. The fourth-order valence-electron chi connectivity index (χ4n) is 2.59. The van der Waals surface area contributed by atoms with Crippen LogP contribution < -0.4 is 0 Å². The molecule has 1 heterocycles. The number of amides is 2. The van der Waals surface area contributed by atoms with E-state index >= 15 is 0 Å². The van der Waals surface area contributed by atoms with Crippen molar-refractivity contribution in [2.24, 2.45) is 0 Å². The number of urea groups is 1. The maximum Gasteiger partial charge on any atom is 0.319 e. The molecule has 0 radical (unpaired) electrons. The maximum absolute atomic E-state index is 11.9. The normalized spacial score (nSPS) is 16.2. The van der Waals surface area contributed by atoms with E-state index in [1.54, 1.807) is 4.90 Å². The third-order valence-corrected chi connectivity index (χ3v) is 3.83. The summed E-state index contributed by atoms with van der Waals surface area (Å²) in [5, 5.41) is 0. The van der Waals surface area contributed by atoms with Crippen molar-refractivity contribution in [1.82, 2.24) is 14.7 Å². The van der Waals surface area contributed by atoms with Crippen LogP contribution >= 0.6 is 0 Å². The molecule has 1 aromatic rings. The number of piperazine rings is 1. The van der Waals surface area contributed by atoms with E-state index in [0.29, 0.717) is 0 Å². The van der Waals surface area contributed by atoms with Crippen LogP contribution in [0.5, 0.6) is 0 Å². The molecule has 0 aromatic heterocycles. The zero-order valence-corrected chi connectivity index (χ0v) is 12.8. The van der Waals surface area contributed by atoms with E-state index in [0.717, 1.165) is 39.1 Å². The number of aryl methyl sites for hydroxylation is 1. The van der Waals surface area contributed by atoms with Gasteiger partial charge in [-0.3, -0.25) is 4.90 Å². The molecule has 20 heavy (non-hydrogen) atoms. The summed E-state index contributed by atoms with van der Waals surface area (Å²) < 4.78 is 0. The molecule has 0 unspecified atom stereocenters. The molecule has 4 nitrogen and oxygen atoms in total. The smallest absolute Gasteiger partial charge is 0.319 e. The Morgan fingerprint density at radius 1 is 1.15 bits per heavy atom. The number of carbonyl (C=O) groups excluding carboxylic acids is 1. The average Bonchev–Trinajstić information content (AvgIpc) is 2.47. The molecule has 1 aliphatic heterocycles. The van der Waals surface area contributed by atoms with Gasteiger partial charge < -0.3 is 9.80 Å². The van der Waals surface area contributed by atoms with Gasteiger partial charge in [0.05, 0.1) is 0 Å². The van der Waals surface area contributed by atoms with Crippen molar-refractivity contribution in [2.45, 2.75) is 19.9 Å². The van der Waals surface area contributed by atoms with E-state index in [4.69, 9.17) is 0 Å². The van der Waals surface area contributed by atoms with E-state index in [-0.39, 0.29) is 6.03 Å².